The molecule has 1 aliphatic heterocycles. The largest absolute Gasteiger partial charge is 0.378 e. The fourth-order valence-electron chi connectivity index (χ4n) is 2.72. The van der Waals surface area contributed by atoms with Crippen molar-refractivity contribution in [3.63, 3.8) is 0 Å². The summed E-state index contributed by atoms with van der Waals surface area (Å²) in [5.74, 6) is -0.601. The van der Waals surface area contributed by atoms with Crippen molar-refractivity contribution in [3.05, 3.63) is 65.0 Å². The number of anilines is 1. The molecule has 1 heterocycles. The van der Waals surface area contributed by atoms with E-state index >= 15 is 0 Å². The number of morpholine rings is 1. The third kappa shape index (κ3) is 4.22. The average molecular weight is 341 g/mol. The van der Waals surface area contributed by atoms with Gasteiger partial charge in [-0.25, -0.2) is 9.82 Å². The monoisotopic (exact) mass is 341 g/mol. The van der Waals surface area contributed by atoms with Crippen LogP contribution in [0.15, 0.2) is 47.6 Å². The molecule has 3 rings (SSSR count). The molecule has 0 atom stereocenters. The highest BCUT2D eigenvalue weighted by Crippen LogP contribution is 2.21. The lowest BCUT2D eigenvalue weighted by atomic mass is 10.1. The molecule has 0 aromatic heterocycles. The molecule has 1 N–H and O–H groups in total. The molecule has 1 fully saturated rings. The minimum Gasteiger partial charge on any atom is -0.378 e. The Hall–Kier alpha value is -2.73. The summed E-state index contributed by atoms with van der Waals surface area (Å²) in [6.45, 7) is 4.42. The number of rotatable bonds is 4. The van der Waals surface area contributed by atoms with Gasteiger partial charge in [0.05, 0.1) is 25.1 Å². The molecular weight excluding hydrogens is 321 g/mol. The van der Waals surface area contributed by atoms with Gasteiger partial charge in [0.15, 0.2) is 0 Å². The van der Waals surface area contributed by atoms with Crippen LogP contribution in [0.4, 0.5) is 10.1 Å². The van der Waals surface area contributed by atoms with E-state index in [1.807, 2.05) is 24.0 Å². The molecule has 5 nitrogen and oxygen atoms in total. The van der Waals surface area contributed by atoms with Crippen LogP contribution in [-0.4, -0.2) is 38.4 Å². The van der Waals surface area contributed by atoms with Gasteiger partial charge in [-0.3, -0.25) is 4.79 Å². The van der Waals surface area contributed by atoms with Gasteiger partial charge in [0.2, 0.25) is 0 Å². The van der Waals surface area contributed by atoms with Crippen LogP contribution in [0.1, 0.15) is 21.5 Å². The Morgan fingerprint density at radius 3 is 2.72 bits per heavy atom. The van der Waals surface area contributed by atoms with Crippen molar-refractivity contribution >= 4 is 17.8 Å². The zero-order chi connectivity index (χ0) is 17.6. The summed E-state index contributed by atoms with van der Waals surface area (Å²) in [5, 5.41) is 3.92. The van der Waals surface area contributed by atoms with Gasteiger partial charge < -0.3 is 9.64 Å². The van der Waals surface area contributed by atoms with E-state index in [9.17, 15) is 9.18 Å². The summed E-state index contributed by atoms with van der Waals surface area (Å²) in [4.78, 5) is 14.0. The lowest BCUT2D eigenvalue weighted by Crippen LogP contribution is -2.36. The van der Waals surface area contributed by atoms with E-state index < -0.39 is 0 Å². The van der Waals surface area contributed by atoms with Gasteiger partial charge in [0.1, 0.15) is 5.82 Å². The number of nitrogens with zero attached hydrogens (tertiary/aromatic N) is 2. The lowest BCUT2D eigenvalue weighted by molar-refractivity contribution is 0.0954. The predicted molar refractivity (Wildman–Crippen MR) is 95.7 cm³/mol. The van der Waals surface area contributed by atoms with Crippen molar-refractivity contribution in [2.24, 2.45) is 5.10 Å². The van der Waals surface area contributed by atoms with E-state index in [2.05, 4.69) is 10.5 Å². The number of hydrogen-bond acceptors (Lipinski definition) is 4. The minimum absolute atomic E-state index is 0.292. The second-order valence-electron chi connectivity index (χ2n) is 5.82. The maximum absolute atomic E-state index is 14.3. The Morgan fingerprint density at radius 2 is 2.00 bits per heavy atom. The Morgan fingerprint density at radius 1 is 1.24 bits per heavy atom. The first-order valence-corrected chi connectivity index (χ1v) is 8.16. The number of benzene rings is 2. The molecule has 2 aromatic carbocycles. The molecule has 1 saturated heterocycles. The number of nitrogens with one attached hydrogen (secondary N) is 1. The van der Waals surface area contributed by atoms with E-state index in [-0.39, 0.29) is 11.7 Å². The van der Waals surface area contributed by atoms with Gasteiger partial charge in [0, 0.05) is 18.7 Å². The highest BCUT2D eigenvalue weighted by atomic mass is 19.1. The maximum Gasteiger partial charge on any atom is 0.271 e. The Balaban J connectivity index is 1.64. The van der Waals surface area contributed by atoms with Crippen LogP contribution in [0.25, 0.3) is 0 Å². The third-order valence-electron chi connectivity index (χ3n) is 4.09. The van der Waals surface area contributed by atoms with Crippen LogP contribution in [0.2, 0.25) is 0 Å². The smallest absolute Gasteiger partial charge is 0.271 e. The number of hydrazone groups is 1. The fourth-order valence-corrected chi connectivity index (χ4v) is 2.72. The summed E-state index contributed by atoms with van der Waals surface area (Å²) in [5.41, 5.74) is 5.04. The van der Waals surface area contributed by atoms with E-state index in [1.54, 1.807) is 24.3 Å². The number of hydrogen-bond donors (Lipinski definition) is 1. The summed E-state index contributed by atoms with van der Waals surface area (Å²) < 4.78 is 19.6. The molecule has 130 valence electrons. The van der Waals surface area contributed by atoms with Crippen LogP contribution < -0.4 is 10.3 Å². The average Bonchev–Trinajstić information content (AvgIpc) is 2.63. The summed E-state index contributed by atoms with van der Waals surface area (Å²) in [6, 6.07) is 12.2. The Labute approximate surface area is 146 Å². The lowest BCUT2D eigenvalue weighted by Gasteiger charge is -2.29. The molecule has 0 saturated carbocycles. The first-order valence-electron chi connectivity index (χ1n) is 8.16. The van der Waals surface area contributed by atoms with Gasteiger partial charge in [-0.05, 0) is 36.2 Å². The van der Waals surface area contributed by atoms with Gasteiger partial charge in [-0.1, -0.05) is 24.3 Å². The molecule has 1 amide bonds. The van der Waals surface area contributed by atoms with E-state index in [4.69, 9.17) is 4.74 Å². The van der Waals surface area contributed by atoms with Crippen molar-refractivity contribution in [2.75, 3.05) is 31.2 Å². The van der Waals surface area contributed by atoms with Crippen LogP contribution in [0.5, 0.6) is 0 Å². The van der Waals surface area contributed by atoms with Gasteiger partial charge in [-0.15, -0.1) is 0 Å². The first-order chi connectivity index (χ1) is 12.1. The maximum atomic E-state index is 14.3. The summed E-state index contributed by atoms with van der Waals surface area (Å²) in [7, 11) is 0. The topological polar surface area (TPSA) is 53.9 Å². The first kappa shape index (κ1) is 17.1. The zero-order valence-electron chi connectivity index (χ0n) is 14.0. The molecule has 2 aromatic rings. The molecule has 0 radical (unpaired) electrons. The number of aryl methyl sites for hydroxylation is 1. The number of carbonyl (C=O) groups is 1. The Bertz CT molecular complexity index is 786. The summed E-state index contributed by atoms with van der Waals surface area (Å²) >= 11 is 0. The number of carbonyl (C=O) groups excluding carboxylic acids is 1. The number of ether oxygens (including phenoxy) is 1. The van der Waals surface area contributed by atoms with Crippen molar-refractivity contribution in [2.45, 2.75) is 6.92 Å². The predicted octanol–water partition coefficient (Wildman–Crippen LogP) is 2.73. The molecular formula is C19H20FN3O2. The highest BCUT2D eigenvalue weighted by Gasteiger charge is 2.15. The van der Waals surface area contributed by atoms with Crippen molar-refractivity contribution < 1.29 is 13.9 Å². The van der Waals surface area contributed by atoms with E-state index in [1.165, 1.54) is 12.3 Å². The number of halogens is 1. The molecule has 0 bridgehead atoms. The van der Waals surface area contributed by atoms with Gasteiger partial charge in [-0.2, -0.15) is 5.10 Å². The normalized spacial score (nSPS) is 14.7. The van der Waals surface area contributed by atoms with E-state index in [0.29, 0.717) is 43.1 Å². The van der Waals surface area contributed by atoms with E-state index in [0.717, 1.165) is 5.56 Å². The fraction of sp³-hybridized carbons (Fsp3) is 0.263. The highest BCUT2D eigenvalue weighted by molar-refractivity contribution is 5.96. The van der Waals surface area contributed by atoms with Crippen molar-refractivity contribution in [1.82, 2.24) is 5.43 Å². The second-order valence-corrected chi connectivity index (χ2v) is 5.82. The van der Waals surface area contributed by atoms with Gasteiger partial charge in [0.25, 0.3) is 5.91 Å². The molecule has 0 spiro atoms. The second kappa shape index (κ2) is 7.90. The molecule has 0 unspecified atom stereocenters. The van der Waals surface area contributed by atoms with Crippen LogP contribution >= 0.6 is 0 Å². The molecule has 1 aliphatic rings. The van der Waals surface area contributed by atoms with Crippen molar-refractivity contribution in [3.8, 4) is 0 Å². The van der Waals surface area contributed by atoms with Gasteiger partial charge >= 0.3 is 0 Å². The quantitative estimate of drug-likeness (QED) is 0.687. The minimum atomic E-state index is -0.309. The zero-order valence-corrected chi connectivity index (χ0v) is 14.0. The summed E-state index contributed by atoms with van der Waals surface area (Å²) in [6.07, 6.45) is 1.43. The SMILES string of the molecule is Cc1ccccc1C(=O)N/N=C\c1ccc(N2CCOCC2)c(F)c1. The third-order valence-corrected chi connectivity index (χ3v) is 4.09. The van der Waals surface area contributed by atoms with Crippen LogP contribution in [-0.2, 0) is 4.74 Å². The standard InChI is InChI=1S/C19H20FN3O2/c1-14-4-2-3-5-16(14)19(24)22-21-13-15-6-7-18(17(20)12-15)23-8-10-25-11-9-23/h2-7,12-13H,8-11H2,1H3,(H,22,24)/b21-13-. The van der Waals surface area contributed by atoms with Crippen molar-refractivity contribution in [1.29, 1.82) is 0 Å². The molecule has 6 heteroatoms. The Kier molecular flexibility index (Phi) is 5.40. The molecule has 0 aliphatic carbocycles. The van der Waals surface area contributed by atoms with Crippen LogP contribution in [0, 0.1) is 12.7 Å². The molecule has 25 heavy (non-hydrogen) atoms. The number of amides is 1. The van der Waals surface area contributed by atoms with Crippen LogP contribution in [0.3, 0.4) is 0 Å².